The van der Waals surface area contributed by atoms with E-state index in [2.05, 4.69) is 35.8 Å². The molecule has 3 N–H and O–H groups in total. The molecule has 0 saturated heterocycles. The highest BCUT2D eigenvalue weighted by Crippen LogP contribution is 2.22. The van der Waals surface area contributed by atoms with Crippen molar-refractivity contribution in [3.05, 3.63) is 52.2 Å². The number of nitrogen functional groups attached to an aromatic ring is 1. The fourth-order valence-corrected chi connectivity index (χ4v) is 2.75. The molecular weight excluding hydrogens is 228 g/mol. The van der Waals surface area contributed by atoms with E-state index >= 15 is 0 Å². The van der Waals surface area contributed by atoms with Crippen molar-refractivity contribution in [2.24, 2.45) is 0 Å². The maximum absolute atomic E-state index is 5.93. The van der Waals surface area contributed by atoms with Crippen molar-refractivity contribution in [1.82, 2.24) is 5.32 Å². The molecule has 2 rings (SSSR count). The van der Waals surface area contributed by atoms with Gasteiger partial charge < -0.3 is 11.1 Å². The highest BCUT2D eigenvalue weighted by molar-refractivity contribution is 7.10. The number of hydrogen-bond donors (Lipinski definition) is 2. The Morgan fingerprint density at radius 1 is 1.24 bits per heavy atom. The standard InChI is InChI=1S/C14H18N2S/c1-2-13(14-8-5-9-17-14)16-10-11-6-3-4-7-12(11)15/h3-9,13,16H,2,10,15H2,1H3. The van der Waals surface area contributed by atoms with Crippen molar-refractivity contribution in [3.8, 4) is 0 Å². The zero-order chi connectivity index (χ0) is 12.1. The van der Waals surface area contributed by atoms with Gasteiger partial charge in [-0.25, -0.2) is 0 Å². The first-order valence-electron chi connectivity index (χ1n) is 5.91. The minimum Gasteiger partial charge on any atom is -0.398 e. The van der Waals surface area contributed by atoms with Gasteiger partial charge in [-0.05, 0) is 29.5 Å². The van der Waals surface area contributed by atoms with Crippen molar-refractivity contribution in [1.29, 1.82) is 0 Å². The van der Waals surface area contributed by atoms with Crippen LogP contribution < -0.4 is 11.1 Å². The fraction of sp³-hybridized carbons (Fsp3) is 0.286. The number of rotatable bonds is 5. The largest absolute Gasteiger partial charge is 0.398 e. The Labute approximate surface area is 106 Å². The summed E-state index contributed by atoms with van der Waals surface area (Å²) in [4.78, 5) is 1.39. The molecule has 0 aliphatic rings. The molecule has 0 amide bonds. The van der Waals surface area contributed by atoms with Gasteiger partial charge in [0.25, 0.3) is 0 Å². The summed E-state index contributed by atoms with van der Waals surface area (Å²) in [5.74, 6) is 0. The Kier molecular flexibility index (Phi) is 4.18. The van der Waals surface area contributed by atoms with E-state index in [1.165, 1.54) is 10.4 Å². The predicted molar refractivity (Wildman–Crippen MR) is 75.0 cm³/mol. The lowest BCUT2D eigenvalue weighted by Crippen LogP contribution is -2.19. The third-order valence-electron chi connectivity index (χ3n) is 2.89. The third-order valence-corrected chi connectivity index (χ3v) is 3.87. The first kappa shape index (κ1) is 12.1. The molecule has 17 heavy (non-hydrogen) atoms. The summed E-state index contributed by atoms with van der Waals surface area (Å²) >= 11 is 1.80. The minimum atomic E-state index is 0.426. The predicted octanol–water partition coefficient (Wildman–Crippen LogP) is 3.57. The average molecular weight is 246 g/mol. The van der Waals surface area contributed by atoms with Crippen LogP contribution in [0.25, 0.3) is 0 Å². The van der Waals surface area contributed by atoms with Crippen LogP contribution in [0, 0.1) is 0 Å². The summed E-state index contributed by atoms with van der Waals surface area (Å²) in [6, 6.07) is 12.7. The lowest BCUT2D eigenvalue weighted by Gasteiger charge is -2.16. The highest BCUT2D eigenvalue weighted by atomic mass is 32.1. The van der Waals surface area contributed by atoms with Gasteiger partial charge in [-0.3, -0.25) is 0 Å². The molecule has 0 aliphatic carbocycles. The van der Waals surface area contributed by atoms with E-state index < -0.39 is 0 Å². The van der Waals surface area contributed by atoms with Gasteiger partial charge in [0, 0.05) is 23.2 Å². The lowest BCUT2D eigenvalue weighted by molar-refractivity contribution is 0.527. The lowest BCUT2D eigenvalue weighted by atomic mass is 10.1. The quantitative estimate of drug-likeness (QED) is 0.791. The molecule has 1 unspecified atom stereocenters. The van der Waals surface area contributed by atoms with Crippen molar-refractivity contribution in [2.45, 2.75) is 25.9 Å². The van der Waals surface area contributed by atoms with E-state index in [1.807, 2.05) is 18.2 Å². The van der Waals surface area contributed by atoms with Gasteiger partial charge in [0.1, 0.15) is 0 Å². The number of hydrogen-bond acceptors (Lipinski definition) is 3. The molecule has 2 nitrogen and oxygen atoms in total. The molecule has 90 valence electrons. The number of nitrogens with one attached hydrogen (secondary N) is 1. The summed E-state index contributed by atoms with van der Waals surface area (Å²) in [7, 11) is 0. The van der Waals surface area contributed by atoms with Crippen LogP contribution in [0.15, 0.2) is 41.8 Å². The van der Waals surface area contributed by atoms with Crippen LogP contribution in [0.2, 0.25) is 0 Å². The molecule has 0 spiro atoms. The number of anilines is 1. The summed E-state index contributed by atoms with van der Waals surface area (Å²) in [5.41, 5.74) is 7.96. The van der Waals surface area contributed by atoms with Gasteiger partial charge in [-0.15, -0.1) is 11.3 Å². The highest BCUT2D eigenvalue weighted by Gasteiger charge is 2.09. The molecule has 0 fully saturated rings. The Morgan fingerprint density at radius 3 is 2.71 bits per heavy atom. The monoisotopic (exact) mass is 246 g/mol. The van der Waals surface area contributed by atoms with Gasteiger partial charge >= 0.3 is 0 Å². The average Bonchev–Trinajstić information content (AvgIpc) is 2.86. The first-order chi connectivity index (χ1) is 8.31. The zero-order valence-electron chi connectivity index (χ0n) is 10.0. The number of thiophene rings is 1. The molecule has 0 saturated carbocycles. The Balaban J connectivity index is 2.00. The SMILES string of the molecule is CCC(NCc1ccccc1N)c1cccs1. The molecule has 3 heteroatoms. The van der Waals surface area contributed by atoms with Gasteiger partial charge in [0.05, 0.1) is 0 Å². The first-order valence-corrected chi connectivity index (χ1v) is 6.79. The Morgan fingerprint density at radius 2 is 2.06 bits per heavy atom. The molecule has 1 heterocycles. The van der Waals surface area contributed by atoms with Gasteiger partial charge in [0.15, 0.2) is 0 Å². The number of benzene rings is 1. The van der Waals surface area contributed by atoms with Crippen LogP contribution in [0.5, 0.6) is 0 Å². The van der Waals surface area contributed by atoms with E-state index in [0.29, 0.717) is 6.04 Å². The molecular formula is C14H18N2S. The molecule has 1 aromatic heterocycles. The summed E-state index contributed by atoms with van der Waals surface area (Å²) < 4.78 is 0. The van der Waals surface area contributed by atoms with E-state index in [-0.39, 0.29) is 0 Å². The van der Waals surface area contributed by atoms with Crippen LogP contribution in [-0.2, 0) is 6.54 Å². The zero-order valence-corrected chi connectivity index (χ0v) is 10.8. The second-order valence-corrected chi connectivity index (χ2v) is 5.04. The Hall–Kier alpha value is -1.32. The van der Waals surface area contributed by atoms with E-state index in [0.717, 1.165) is 18.7 Å². The van der Waals surface area contributed by atoms with Crippen molar-refractivity contribution < 1.29 is 0 Å². The smallest absolute Gasteiger partial charge is 0.0414 e. The van der Waals surface area contributed by atoms with E-state index in [4.69, 9.17) is 5.73 Å². The fourth-order valence-electron chi connectivity index (χ4n) is 1.86. The topological polar surface area (TPSA) is 38.0 Å². The molecule has 0 radical (unpaired) electrons. The van der Waals surface area contributed by atoms with Crippen molar-refractivity contribution >= 4 is 17.0 Å². The summed E-state index contributed by atoms with van der Waals surface area (Å²) in [6.45, 7) is 3.02. The molecule has 0 bridgehead atoms. The summed E-state index contributed by atoms with van der Waals surface area (Å²) in [6.07, 6.45) is 1.09. The number of para-hydroxylation sites is 1. The molecule has 1 atom stereocenters. The molecule has 1 aromatic carbocycles. The minimum absolute atomic E-state index is 0.426. The van der Waals surface area contributed by atoms with E-state index in [1.54, 1.807) is 11.3 Å². The Bertz CT molecular complexity index is 451. The van der Waals surface area contributed by atoms with Crippen LogP contribution in [-0.4, -0.2) is 0 Å². The normalized spacial score (nSPS) is 12.5. The second kappa shape index (κ2) is 5.84. The maximum Gasteiger partial charge on any atom is 0.0414 e. The van der Waals surface area contributed by atoms with Crippen LogP contribution in [0.3, 0.4) is 0 Å². The van der Waals surface area contributed by atoms with Crippen molar-refractivity contribution in [2.75, 3.05) is 5.73 Å². The maximum atomic E-state index is 5.93. The van der Waals surface area contributed by atoms with Crippen LogP contribution in [0.1, 0.15) is 29.8 Å². The second-order valence-electron chi connectivity index (χ2n) is 4.06. The number of nitrogens with two attached hydrogens (primary N) is 1. The van der Waals surface area contributed by atoms with Gasteiger partial charge in [-0.2, -0.15) is 0 Å². The van der Waals surface area contributed by atoms with Crippen LogP contribution >= 0.6 is 11.3 Å². The third kappa shape index (κ3) is 3.08. The summed E-state index contributed by atoms with van der Waals surface area (Å²) in [5, 5.41) is 5.68. The molecule has 2 aromatic rings. The van der Waals surface area contributed by atoms with E-state index in [9.17, 15) is 0 Å². The van der Waals surface area contributed by atoms with Crippen molar-refractivity contribution in [3.63, 3.8) is 0 Å². The molecule has 0 aliphatic heterocycles. The van der Waals surface area contributed by atoms with Gasteiger partial charge in [0.2, 0.25) is 0 Å². The van der Waals surface area contributed by atoms with Crippen LogP contribution in [0.4, 0.5) is 5.69 Å². The van der Waals surface area contributed by atoms with Gasteiger partial charge in [-0.1, -0.05) is 31.2 Å².